The zero-order valence-electron chi connectivity index (χ0n) is 20.7. The van der Waals surface area contributed by atoms with Gasteiger partial charge in [-0.15, -0.1) is 0 Å². The Balaban J connectivity index is 1.74. The van der Waals surface area contributed by atoms with Gasteiger partial charge in [0, 0.05) is 0 Å². The molecular weight excluding hydrogens is 601 g/mol. The number of rotatable bonds is 8. The average molecular weight is 628 g/mol. The molecule has 3 aromatic rings. The Labute approximate surface area is 233 Å². The Hall–Kier alpha value is -3.31. The van der Waals surface area contributed by atoms with Gasteiger partial charge in [-0.2, -0.15) is 0 Å². The second-order valence-electron chi connectivity index (χ2n) is 8.33. The first-order chi connectivity index (χ1) is 17.7. The first kappa shape index (κ1) is 26.7. The van der Waals surface area contributed by atoms with Gasteiger partial charge in [0.05, 0.1) is 26.5 Å². The molecule has 1 fully saturated rings. The molecule has 0 atom stereocenters. The predicted molar refractivity (Wildman–Crippen MR) is 158 cm³/mol. The average Bonchev–Trinajstić information content (AvgIpc) is 3.15. The molecule has 1 aliphatic heterocycles. The van der Waals surface area contributed by atoms with Crippen molar-refractivity contribution in [3.8, 4) is 11.5 Å². The number of benzene rings is 3. The summed E-state index contributed by atoms with van der Waals surface area (Å²) in [5.41, 5.74) is 9.76. The number of carbonyl (C=O) groups excluding carboxylic acids is 2. The van der Waals surface area contributed by atoms with Gasteiger partial charge in [-0.05, 0) is 103 Å². The minimum atomic E-state index is -0.575. The molecule has 0 spiro atoms. The zero-order chi connectivity index (χ0) is 26.5. The van der Waals surface area contributed by atoms with Crippen LogP contribution in [0.5, 0.6) is 11.5 Å². The van der Waals surface area contributed by atoms with Crippen LogP contribution < -0.4 is 20.1 Å². The van der Waals surface area contributed by atoms with Crippen molar-refractivity contribution in [3.63, 3.8) is 0 Å². The maximum atomic E-state index is 13.6. The van der Waals surface area contributed by atoms with Crippen LogP contribution in [-0.4, -0.2) is 30.2 Å². The summed E-state index contributed by atoms with van der Waals surface area (Å²) in [5.74, 6) is 0.175. The number of nitrogens with two attached hydrogens (primary N) is 1. The van der Waals surface area contributed by atoms with E-state index in [-0.39, 0.29) is 12.5 Å². The van der Waals surface area contributed by atoms with E-state index in [1.54, 1.807) is 11.0 Å². The molecule has 0 radical (unpaired) electrons. The van der Waals surface area contributed by atoms with Crippen molar-refractivity contribution in [3.05, 3.63) is 85.8 Å². The second kappa shape index (κ2) is 11.8. The third kappa shape index (κ3) is 6.53. The van der Waals surface area contributed by atoms with Crippen LogP contribution in [0.15, 0.2) is 70.6 Å². The summed E-state index contributed by atoms with van der Waals surface area (Å²) in [5, 5.41) is 0.574. The lowest BCUT2D eigenvalue weighted by molar-refractivity contribution is -0.120. The fourth-order valence-corrected chi connectivity index (χ4v) is 5.35. The third-order valence-electron chi connectivity index (χ3n) is 5.35. The molecule has 0 saturated carbocycles. The van der Waals surface area contributed by atoms with Gasteiger partial charge in [0.2, 0.25) is 0 Å². The molecule has 190 valence electrons. The van der Waals surface area contributed by atoms with E-state index >= 15 is 0 Å². The van der Waals surface area contributed by atoms with Crippen molar-refractivity contribution in [2.45, 2.75) is 20.8 Å². The number of halogens is 1. The van der Waals surface area contributed by atoms with Crippen molar-refractivity contribution in [1.29, 1.82) is 0 Å². The minimum Gasteiger partial charge on any atom is -0.490 e. The van der Waals surface area contributed by atoms with Gasteiger partial charge < -0.3 is 15.2 Å². The second-order valence-corrected chi connectivity index (χ2v) is 10.5. The Morgan fingerprint density at radius 1 is 1.05 bits per heavy atom. The van der Waals surface area contributed by atoms with Crippen LogP contribution in [-0.2, 0) is 9.59 Å². The van der Waals surface area contributed by atoms with Crippen LogP contribution in [0.2, 0.25) is 0 Å². The topological polar surface area (TPSA) is 94.2 Å². The maximum Gasteiger partial charge on any atom is 0.271 e. The molecule has 1 aliphatic rings. The van der Waals surface area contributed by atoms with Crippen molar-refractivity contribution >= 4 is 68.8 Å². The first-order valence-electron chi connectivity index (χ1n) is 11.6. The number of amides is 2. The van der Waals surface area contributed by atoms with E-state index < -0.39 is 5.91 Å². The van der Waals surface area contributed by atoms with E-state index in [9.17, 15) is 9.59 Å². The Morgan fingerprint density at radius 3 is 2.32 bits per heavy atom. The van der Waals surface area contributed by atoms with Gasteiger partial charge in [0.1, 0.15) is 0 Å². The summed E-state index contributed by atoms with van der Waals surface area (Å²) in [4.78, 5) is 31.8. The predicted octanol–water partition coefficient (Wildman–Crippen LogP) is 5.98. The number of aryl methyl sites for hydroxylation is 2. The van der Waals surface area contributed by atoms with E-state index in [2.05, 4.69) is 22.6 Å². The molecule has 0 bridgehead atoms. The molecule has 9 heteroatoms. The van der Waals surface area contributed by atoms with Gasteiger partial charge in [-0.3, -0.25) is 14.5 Å². The Bertz CT molecular complexity index is 1390. The van der Waals surface area contributed by atoms with Gasteiger partial charge in [0.15, 0.2) is 23.3 Å². The fourth-order valence-electron chi connectivity index (χ4n) is 3.57. The number of carbonyl (C=O) groups is 2. The number of ether oxygens (including phenoxy) is 2. The number of thioether (sulfide) groups is 1. The van der Waals surface area contributed by atoms with E-state index in [0.29, 0.717) is 28.2 Å². The monoisotopic (exact) mass is 627 g/mol. The number of hydrogen-bond donors (Lipinski definition) is 1. The van der Waals surface area contributed by atoms with E-state index in [1.165, 1.54) is 11.8 Å². The summed E-state index contributed by atoms with van der Waals surface area (Å²) >= 11 is 3.43. The summed E-state index contributed by atoms with van der Waals surface area (Å²) < 4.78 is 12.1. The van der Waals surface area contributed by atoms with Gasteiger partial charge in [-0.25, -0.2) is 4.99 Å². The minimum absolute atomic E-state index is 0.165. The van der Waals surface area contributed by atoms with Crippen molar-refractivity contribution < 1.29 is 19.1 Å². The molecule has 0 unspecified atom stereocenters. The standard InChI is InChI=1S/C28H26IN3O4S/c1-4-35-23-14-19(13-22(29)26(23)36-16-25(30)33)15-24-27(34)32(21-11-7-18(3)8-12-21)28(37-24)31-20-9-5-17(2)6-10-20/h5-15H,4,16H2,1-3H3,(H2,30,33)/b24-15+,31-28?. The van der Waals surface area contributed by atoms with Crippen LogP contribution in [0.25, 0.3) is 6.08 Å². The lowest BCUT2D eigenvalue weighted by Gasteiger charge is -2.16. The molecule has 0 aromatic heterocycles. The molecule has 2 amide bonds. The molecule has 1 heterocycles. The van der Waals surface area contributed by atoms with Crippen LogP contribution >= 0.6 is 34.4 Å². The maximum absolute atomic E-state index is 13.6. The zero-order valence-corrected chi connectivity index (χ0v) is 23.6. The largest absolute Gasteiger partial charge is 0.490 e. The number of aliphatic imine (C=N–C) groups is 1. The molecule has 4 rings (SSSR count). The number of primary amides is 1. The van der Waals surface area contributed by atoms with Gasteiger partial charge in [0.25, 0.3) is 11.8 Å². The van der Waals surface area contributed by atoms with E-state index in [1.807, 2.05) is 81.4 Å². The Kier molecular flexibility index (Phi) is 8.55. The molecule has 3 aromatic carbocycles. The summed E-state index contributed by atoms with van der Waals surface area (Å²) in [6.45, 7) is 6.04. The quantitative estimate of drug-likeness (QED) is 0.245. The summed E-state index contributed by atoms with van der Waals surface area (Å²) in [7, 11) is 0. The highest BCUT2D eigenvalue weighted by Gasteiger charge is 2.35. The van der Waals surface area contributed by atoms with Crippen LogP contribution in [0.4, 0.5) is 11.4 Å². The third-order valence-corrected chi connectivity index (χ3v) is 7.12. The van der Waals surface area contributed by atoms with Crippen LogP contribution in [0, 0.1) is 17.4 Å². The molecule has 2 N–H and O–H groups in total. The summed E-state index contributed by atoms with van der Waals surface area (Å²) in [6, 6.07) is 19.3. The van der Waals surface area contributed by atoms with E-state index in [0.717, 1.165) is 31.6 Å². The molecular formula is C28H26IN3O4S. The fraction of sp³-hybridized carbons (Fsp3) is 0.179. The highest BCUT2D eigenvalue weighted by atomic mass is 127. The number of amidine groups is 1. The van der Waals surface area contributed by atoms with Crippen molar-refractivity contribution in [2.24, 2.45) is 10.7 Å². The van der Waals surface area contributed by atoms with E-state index in [4.69, 9.17) is 20.2 Å². The Morgan fingerprint density at radius 2 is 1.70 bits per heavy atom. The number of hydrogen-bond acceptors (Lipinski definition) is 6. The highest BCUT2D eigenvalue weighted by Crippen LogP contribution is 2.39. The SMILES string of the molecule is CCOc1cc(/C=C2/SC(=Nc3ccc(C)cc3)N(c3ccc(C)cc3)C2=O)cc(I)c1OCC(N)=O. The molecule has 37 heavy (non-hydrogen) atoms. The van der Waals surface area contributed by atoms with Gasteiger partial charge >= 0.3 is 0 Å². The van der Waals surface area contributed by atoms with Crippen molar-refractivity contribution in [2.75, 3.05) is 18.1 Å². The normalized spacial score (nSPS) is 15.5. The molecule has 1 saturated heterocycles. The highest BCUT2D eigenvalue weighted by molar-refractivity contribution is 14.1. The lowest BCUT2D eigenvalue weighted by Crippen LogP contribution is -2.28. The molecule has 7 nitrogen and oxygen atoms in total. The first-order valence-corrected chi connectivity index (χ1v) is 13.5. The van der Waals surface area contributed by atoms with Crippen LogP contribution in [0.3, 0.4) is 0 Å². The lowest BCUT2D eigenvalue weighted by atomic mass is 10.1. The summed E-state index contributed by atoms with van der Waals surface area (Å²) in [6.07, 6.45) is 1.81. The number of nitrogens with zero attached hydrogens (tertiary/aromatic N) is 2. The molecule has 0 aliphatic carbocycles. The van der Waals surface area contributed by atoms with Crippen molar-refractivity contribution in [1.82, 2.24) is 0 Å². The van der Waals surface area contributed by atoms with Crippen LogP contribution in [0.1, 0.15) is 23.6 Å². The number of anilines is 1. The van der Waals surface area contributed by atoms with Gasteiger partial charge in [-0.1, -0.05) is 35.4 Å². The smallest absolute Gasteiger partial charge is 0.271 e.